The van der Waals surface area contributed by atoms with Crippen LogP contribution in [-0.2, 0) is 12.8 Å². The van der Waals surface area contributed by atoms with Crippen molar-refractivity contribution in [2.24, 2.45) is 0 Å². The quantitative estimate of drug-likeness (QED) is 0.668. The molecule has 0 amide bonds. The Balaban J connectivity index is 3.30. The van der Waals surface area contributed by atoms with Gasteiger partial charge in [0.2, 0.25) is 0 Å². The lowest BCUT2D eigenvalue weighted by atomic mass is 9.94. The van der Waals surface area contributed by atoms with Crippen LogP contribution >= 0.6 is 0 Å². The minimum Gasteiger partial charge on any atom is -0.295 e. The maximum Gasteiger partial charge on any atom is 0.160 e. The molecule has 1 aromatic carbocycles. The molecule has 0 aliphatic carbocycles. The van der Waals surface area contributed by atoms with Gasteiger partial charge in [-0.2, -0.15) is 0 Å². The topological polar surface area (TPSA) is 17.1 Å². The summed E-state index contributed by atoms with van der Waals surface area (Å²) < 4.78 is 0. The van der Waals surface area contributed by atoms with Gasteiger partial charge in [0.05, 0.1) is 0 Å². The van der Waals surface area contributed by atoms with Crippen LogP contribution in [0.4, 0.5) is 0 Å². The Hall–Kier alpha value is -1.11. The summed E-state index contributed by atoms with van der Waals surface area (Å²) in [7, 11) is 0. The van der Waals surface area contributed by atoms with Gasteiger partial charge in [-0.05, 0) is 49.4 Å². The van der Waals surface area contributed by atoms with Crippen LogP contribution in [0, 0.1) is 6.92 Å². The van der Waals surface area contributed by atoms with Crippen LogP contribution in [0.15, 0.2) is 12.1 Å². The van der Waals surface area contributed by atoms with Crippen molar-refractivity contribution >= 4 is 5.78 Å². The molecule has 0 aromatic heterocycles. The normalized spacial score (nSPS) is 10.3. The smallest absolute Gasteiger partial charge is 0.160 e. The van der Waals surface area contributed by atoms with Crippen molar-refractivity contribution in [3.63, 3.8) is 0 Å². The Morgan fingerprint density at radius 3 is 2.07 bits per heavy atom. The summed E-state index contributed by atoms with van der Waals surface area (Å²) >= 11 is 0. The summed E-state index contributed by atoms with van der Waals surface area (Å²) in [6, 6.07) is 4.20. The van der Waals surface area contributed by atoms with E-state index in [4.69, 9.17) is 0 Å². The van der Waals surface area contributed by atoms with Crippen LogP contribution < -0.4 is 0 Å². The highest BCUT2D eigenvalue weighted by atomic mass is 16.1. The number of hydrogen-bond donors (Lipinski definition) is 0. The van der Waals surface area contributed by atoms with Crippen LogP contribution in [0.5, 0.6) is 0 Å². The van der Waals surface area contributed by atoms with Crippen LogP contribution in [0.2, 0.25) is 0 Å². The second-order valence-electron chi connectivity index (χ2n) is 3.70. The van der Waals surface area contributed by atoms with Crippen molar-refractivity contribution in [3.05, 3.63) is 34.4 Å². The van der Waals surface area contributed by atoms with E-state index in [0.717, 1.165) is 24.0 Å². The predicted octanol–water partition coefficient (Wildman–Crippen LogP) is 3.32. The van der Waals surface area contributed by atoms with Gasteiger partial charge in [0.1, 0.15) is 0 Å². The molecule has 1 aromatic rings. The number of carbonyl (C=O) groups is 1. The van der Waals surface area contributed by atoms with Crippen molar-refractivity contribution in [3.8, 4) is 0 Å². The Bertz CT molecular complexity index is 350. The van der Waals surface area contributed by atoms with Crippen LogP contribution in [0.1, 0.15) is 47.8 Å². The summed E-state index contributed by atoms with van der Waals surface area (Å²) in [5.41, 5.74) is 4.66. The number of ketones is 1. The van der Waals surface area contributed by atoms with Crippen LogP contribution in [-0.4, -0.2) is 5.78 Å². The molecule has 0 aliphatic heterocycles. The first-order valence-corrected chi connectivity index (χ1v) is 5.23. The number of benzene rings is 1. The first kappa shape index (κ1) is 11.0. The minimum atomic E-state index is 0.167. The number of carbonyl (C=O) groups excluding carboxylic acids is 1. The third-order valence-electron chi connectivity index (χ3n) is 2.69. The molecule has 1 rings (SSSR count). The summed E-state index contributed by atoms with van der Waals surface area (Å²) in [4.78, 5) is 11.3. The summed E-state index contributed by atoms with van der Waals surface area (Å²) in [5, 5.41) is 0. The standard InChI is InChI=1S/C13H18O/c1-5-11-7-9(3)13(10(4)14)8-12(11)6-2/h7-8H,5-6H2,1-4H3. The monoisotopic (exact) mass is 190 g/mol. The molecular weight excluding hydrogens is 172 g/mol. The predicted molar refractivity (Wildman–Crippen MR) is 59.9 cm³/mol. The molecule has 0 spiro atoms. The third-order valence-corrected chi connectivity index (χ3v) is 2.69. The fourth-order valence-corrected chi connectivity index (χ4v) is 1.85. The molecule has 1 heteroatoms. The zero-order chi connectivity index (χ0) is 10.7. The molecule has 0 atom stereocenters. The maximum absolute atomic E-state index is 11.3. The van der Waals surface area contributed by atoms with Crippen molar-refractivity contribution < 1.29 is 4.79 Å². The zero-order valence-corrected chi connectivity index (χ0v) is 9.48. The molecule has 0 N–H and O–H groups in total. The Kier molecular flexibility index (Phi) is 3.45. The second-order valence-corrected chi connectivity index (χ2v) is 3.70. The van der Waals surface area contributed by atoms with E-state index in [0.29, 0.717) is 0 Å². The Morgan fingerprint density at radius 1 is 1.14 bits per heavy atom. The summed E-state index contributed by atoms with van der Waals surface area (Å²) in [6.07, 6.45) is 2.05. The molecule has 0 radical (unpaired) electrons. The summed E-state index contributed by atoms with van der Waals surface area (Å²) in [5.74, 6) is 0.167. The highest BCUT2D eigenvalue weighted by Crippen LogP contribution is 2.18. The molecule has 1 nitrogen and oxygen atoms in total. The van der Waals surface area contributed by atoms with Crippen molar-refractivity contribution in [1.82, 2.24) is 0 Å². The van der Waals surface area contributed by atoms with E-state index in [1.807, 2.05) is 6.92 Å². The van der Waals surface area contributed by atoms with Gasteiger partial charge in [-0.15, -0.1) is 0 Å². The molecule has 0 heterocycles. The SMILES string of the molecule is CCc1cc(C)c(C(C)=O)cc1CC. The molecule has 0 saturated heterocycles. The fraction of sp³-hybridized carbons (Fsp3) is 0.462. The maximum atomic E-state index is 11.3. The average Bonchev–Trinajstić information content (AvgIpc) is 2.16. The van der Waals surface area contributed by atoms with Gasteiger partial charge < -0.3 is 0 Å². The van der Waals surface area contributed by atoms with Gasteiger partial charge in [-0.25, -0.2) is 0 Å². The zero-order valence-electron chi connectivity index (χ0n) is 9.48. The molecule has 0 fully saturated rings. The van der Waals surface area contributed by atoms with E-state index in [9.17, 15) is 4.79 Å². The molecule has 0 saturated carbocycles. The number of rotatable bonds is 3. The molecule has 0 unspecified atom stereocenters. The highest BCUT2D eigenvalue weighted by Gasteiger charge is 2.07. The van der Waals surface area contributed by atoms with Crippen molar-refractivity contribution in [1.29, 1.82) is 0 Å². The second kappa shape index (κ2) is 4.41. The van der Waals surface area contributed by atoms with Gasteiger partial charge in [0.25, 0.3) is 0 Å². The molecule has 76 valence electrons. The molecule has 14 heavy (non-hydrogen) atoms. The first-order valence-electron chi connectivity index (χ1n) is 5.23. The van der Waals surface area contributed by atoms with Crippen molar-refractivity contribution in [2.75, 3.05) is 0 Å². The number of Topliss-reactive ketones (excluding diaryl/α,β-unsaturated/α-hetero) is 1. The number of aryl methyl sites for hydroxylation is 3. The van der Waals surface area contributed by atoms with E-state index < -0.39 is 0 Å². The van der Waals surface area contributed by atoms with Gasteiger partial charge >= 0.3 is 0 Å². The largest absolute Gasteiger partial charge is 0.295 e. The molecule has 0 bridgehead atoms. The van der Waals surface area contributed by atoms with E-state index in [-0.39, 0.29) is 5.78 Å². The van der Waals surface area contributed by atoms with E-state index in [1.54, 1.807) is 6.92 Å². The lowest BCUT2D eigenvalue weighted by Crippen LogP contribution is -2.01. The Morgan fingerprint density at radius 2 is 1.64 bits per heavy atom. The van der Waals surface area contributed by atoms with E-state index in [1.165, 1.54) is 11.1 Å². The lowest BCUT2D eigenvalue weighted by molar-refractivity contribution is 0.101. The first-order chi connectivity index (χ1) is 6.60. The van der Waals surface area contributed by atoms with Gasteiger partial charge in [0.15, 0.2) is 5.78 Å². The van der Waals surface area contributed by atoms with E-state index >= 15 is 0 Å². The third kappa shape index (κ3) is 2.03. The number of hydrogen-bond acceptors (Lipinski definition) is 1. The van der Waals surface area contributed by atoms with Gasteiger partial charge in [0, 0.05) is 5.56 Å². The van der Waals surface area contributed by atoms with Crippen LogP contribution in [0.3, 0.4) is 0 Å². The lowest BCUT2D eigenvalue weighted by Gasteiger charge is -2.10. The summed E-state index contributed by atoms with van der Waals surface area (Å²) in [6.45, 7) is 7.93. The Labute approximate surface area is 86.1 Å². The molecular formula is C13H18O. The molecule has 0 aliphatic rings. The van der Waals surface area contributed by atoms with Gasteiger partial charge in [-0.3, -0.25) is 4.79 Å². The van der Waals surface area contributed by atoms with Crippen LogP contribution in [0.25, 0.3) is 0 Å². The van der Waals surface area contributed by atoms with E-state index in [2.05, 4.69) is 26.0 Å². The highest BCUT2D eigenvalue weighted by molar-refractivity contribution is 5.95. The average molecular weight is 190 g/mol. The van der Waals surface area contributed by atoms with Gasteiger partial charge in [-0.1, -0.05) is 19.9 Å². The minimum absolute atomic E-state index is 0.167. The fourth-order valence-electron chi connectivity index (χ4n) is 1.85. The van der Waals surface area contributed by atoms with Crippen molar-refractivity contribution in [2.45, 2.75) is 40.5 Å².